The quantitative estimate of drug-likeness (QED) is 0.671. The summed E-state index contributed by atoms with van der Waals surface area (Å²) in [5.41, 5.74) is 4.41. The fourth-order valence-corrected chi connectivity index (χ4v) is 1.59. The summed E-state index contributed by atoms with van der Waals surface area (Å²) in [5, 5.41) is 13.5. The average Bonchev–Trinajstić information content (AvgIpc) is 2.82. The van der Waals surface area contributed by atoms with Crippen LogP contribution in [0.25, 0.3) is 10.8 Å². The summed E-state index contributed by atoms with van der Waals surface area (Å²) in [7, 11) is 0. The van der Waals surface area contributed by atoms with Gasteiger partial charge in [0.05, 0.1) is 0 Å². The lowest BCUT2D eigenvalue weighted by molar-refractivity contribution is 0.780. The molecule has 0 unspecified atom stereocenters. The molecule has 0 spiro atoms. The van der Waals surface area contributed by atoms with E-state index in [-0.39, 0.29) is 0 Å². The molecular weight excluding hydrogens is 188 g/mol. The molecule has 0 saturated carbocycles. The van der Waals surface area contributed by atoms with E-state index in [9.17, 15) is 0 Å². The molecule has 1 radical (unpaired) electrons. The zero-order chi connectivity index (χ0) is 10.1. The van der Waals surface area contributed by atoms with E-state index in [1.807, 2.05) is 30.3 Å². The molecule has 15 heavy (non-hydrogen) atoms. The number of fused-ring (bicyclic) bond motifs is 1. The van der Waals surface area contributed by atoms with Crippen LogP contribution >= 0.6 is 0 Å². The van der Waals surface area contributed by atoms with Crippen LogP contribution in [0.15, 0.2) is 57.9 Å². The number of hydrogen-bond acceptors (Lipinski definition) is 3. The van der Waals surface area contributed by atoms with E-state index in [1.165, 1.54) is 10.8 Å². The van der Waals surface area contributed by atoms with Gasteiger partial charge in [-0.05, 0) is 27.6 Å². The molecule has 0 aromatic heterocycles. The maximum Gasteiger partial charge on any atom is 0.207 e. The standard InChI is InChI=1S/C11H7N4/c1-2-4-9-7-10(6-5-8(9)3-1)11-12-14-15-13-11/h1-7H. The minimum absolute atomic E-state index is 0.570. The lowest BCUT2D eigenvalue weighted by Crippen LogP contribution is -1.93. The summed E-state index contributed by atoms with van der Waals surface area (Å²) in [6.45, 7) is 0. The van der Waals surface area contributed by atoms with Crippen LogP contribution in [-0.4, -0.2) is 5.84 Å². The second kappa shape index (κ2) is 3.16. The van der Waals surface area contributed by atoms with E-state index in [0.29, 0.717) is 5.84 Å². The molecule has 0 fully saturated rings. The zero-order valence-corrected chi connectivity index (χ0v) is 7.83. The van der Waals surface area contributed by atoms with E-state index in [2.05, 4.69) is 33.1 Å². The van der Waals surface area contributed by atoms with Crippen molar-refractivity contribution >= 4 is 16.6 Å². The highest BCUT2D eigenvalue weighted by molar-refractivity contribution is 6.02. The summed E-state index contributed by atoms with van der Waals surface area (Å²) in [6, 6.07) is 14.2. The van der Waals surface area contributed by atoms with Gasteiger partial charge >= 0.3 is 0 Å². The van der Waals surface area contributed by atoms with Crippen LogP contribution < -0.4 is 5.53 Å². The van der Waals surface area contributed by atoms with Gasteiger partial charge in [-0.1, -0.05) is 36.4 Å². The monoisotopic (exact) mass is 195 g/mol. The molecule has 4 heteroatoms. The zero-order valence-electron chi connectivity index (χ0n) is 7.83. The van der Waals surface area contributed by atoms with Crippen molar-refractivity contribution < 1.29 is 0 Å². The summed E-state index contributed by atoms with van der Waals surface area (Å²) in [5.74, 6) is 0.570. The van der Waals surface area contributed by atoms with E-state index in [0.717, 1.165) is 5.56 Å². The fraction of sp³-hybridized carbons (Fsp3) is 0. The highest BCUT2D eigenvalue weighted by Gasteiger charge is 2.07. The van der Waals surface area contributed by atoms with Crippen LogP contribution in [0.2, 0.25) is 0 Å². The van der Waals surface area contributed by atoms with Crippen LogP contribution in [0.1, 0.15) is 5.56 Å². The van der Waals surface area contributed by atoms with Crippen molar-refractivity contribution in [1.82, 2.24) is 5.53 Å². The summed E-state index contributed by atoms with van der Waals surface area (Å²) in [6.07, 6.45) is 0. The molecule has 1 heterocycles. The first-order chi connectivity index (χ1) is 7.43. The predicted molar refractivity (Wildman–Crippen MR) is 57.5 cm³/mol. The van der Waals surface area contributed by atoms with Gasteiger partial charge in [0.25, 0.3) is 0 Å². The lowest BCUT2D eigenvalue weighted by Gasteiger charge is -1.99. The Morgan fingerprint density at radius 2 is 1.73 bits per heavy atom. The summed E-state index contributed by atoms with van der Waals surface area (Å²) < 4.78 is 0. The SMILES string of the molecule is c1ccc2cc(C3=N[N]N=N3)ccc2c1. The highest BCUT2D eigenvalue weighted by atomic mass is 15.6. The van der Waals surface area contributed by atoms with Crippen LogP contribution in [0, 0.1) is 0 Å². The van der Waals surface area contributed by atoms with Gasteiger partial charge in [-0.2, -0.15) is 0 Å². The van der Waals surface area contributed by atoms with Gasteiger partial charge in [-0.3, -0.25) is 0 Å². The summed E-state index contributed by atoms with van der Waals surface area (Å²) in [4.78, 5) is 0. The predicted octanol–water partition coefficient (Wildman–Crippen LogP) is 2.49. The fourth-order valence-electron chi connectivity index (χ4n) is 1.59. The van der Waals surface area contributed by atoms with Crippen molar-refractivity contribution in [3.8, 4) is 0 Å². The maximum absolute atomic E-state index is 3.82. The Bertz CT molecular complexity index is 572. The van der Waals surface area contributed by atoms with E-state index >= 15 is 0 Å². The number of amidine groups is 1. The minimum Gasteiger partial charge on any atom is -0.106 e. The Morgan fingerprint density at radius 3 is 2.53 bits per heavy atom. The second-order valence-corrected chi connectivity index (χ2v) is 3.26. The first kappa shape index (κ1) is 8.11. The Morgan fingerprint density at radius 1 is 0.867 bits per heavy atom. The number of nitrogens with zero attached hydrogens (tertiary/aromatic N) is 4. The first-order valence-electron chi connectivity index (χ1n) is 4.61. The second-order valence-electron chi connectivity index (χ2n) is 3.26. The van der Waals surface area contributed by atoms with Gasteiger partial charge in [0.1, 0.15) is 0 Å². The minimum atomic E-state index is 0.570. The highest BCUT2D eigenvalue weighted by Crippen LogP contribution is 2.17. The average molecular weight is 195 g/mol. The molecule has 0 amide bonds. The van der Waals surface area contributed by atoms with Crippen LogP contribution in [-0.2, 0) is 0 Å². The Hall–Kier alpha value is -2.23. The largest absolute Gasteiger partial charge is 0.207 e. The van der Waals surface area contributed by atoms with Gasteiger partial charge in [0.2, 0.25) is 5.84 Å². The maximum atomic E-state index is 3.82. The van der Waals surface area contributed by atoms with Gasteiger partial charge in [-0.15, -0.1) is 10.2 Å². The van der Waals surface area contributed by atoms with Crippen LogP contribution in [0.4, 0.5) is 0 Å². The third-order valence-electron chi connectivity index (χ3n) is 2.33. The van der Waals surface area contributed by atoms with Gasteiger partial charge in [-0.25, -0.2) is 0 Å². The van der Waals surface area contributed by atoms with Crippen LogP contribution in [0.5, 0.6) is 0 Å². The lowest BCUT2D eigenvalue weighted by atomic mass is 10.1. The molecular formula is C11H7N4. The molecule has 1 aliphatic rings. The topological polar surface area (TPSA) is 51.2 Å². The molecule has 0 aliphatic carbocycles. The summed E-state index contributed by atoms with van der Waals surface area (Å²) >= 11 is 0. The molecule has 4 nitrogen and oxygen atoms in total. The van der Waals surface area contributed by atoms with E-state index in [1.54, 1.807) is 0 Å². The Balaban J connectivity index is 2.17. The van der Waals surface area contributed by atoms with Gasteiger partial charge in [0, 0.05) is 5.56 Å². The molecule has 0 N–H and O–H groups in total. The number of hydrogen-bond donors (Lipinski definition) is 0. The third kappa shape index (κ3) is 1.36. The third-order valence-corrected chi connectivity index (χ3v) is 2.33. The molecule has 2 aromatic carbocycles. The van der Waals surface area contributed by atoms with Crippen molar-refractivity contribution in [3.63, 3.8) is 0 Å². The Kier molecular flexibility index (Phi) is 1.71. The molecule has 0 atom stereocenters. The Labute approximate surface area is 86.3 Å². The number of benzene rings is 2. The van der Waals surface area contributed by atoms with E-state index in [4.69, 9.17) is 0 Å². The van der Waals surface area contributed by atoms with Gasteiger partial charge < -0.3 is 0 Å². The molecule has 2 aromatic rings. The first-order valence-corrected chi connectivity index (χ1v) is 4.61. The van der Waals surface area contributed by atoms with Crippen LogP contribution in [0.3, 0.4) is 0 Å². The number of rotatable bonds is 1. The van der Waals surface area contributed by atoms with Crippen molar-refractivity contribution in [3.05, 3.63) is 48.0 Å². The van der Waals surface area contributed by atoms with E-state index < -0.39 is 0 Å². The normalized spacial score (nSPS) is 14.0. The molecule has 3 rings (SSSR count). The van der Waals surface area contributed by atoms with Gasteiger partial charge in [0.15, 0.2) is 0 Å². The molecule has 0 saturated heterocycles. The van der Waals surface area contributed by atoms with Crippen molar-refractivity contribution in [2.75, 3.05) is 0 Å². The van der Waals surface area contributed by atoms with Crippen molar-refractivity contribution in [1.29, 1.82) is 0 Å². The van der Waals surface area contributed by atoms with Crippen molar-refractivity contribution in [2.45, 2.75) is 0 Å². The molecule has 71 valence electrons. The molecule has 0 bridgehead atoms. The smallest absolute Gasteiger partial charge is 0.106 e. The van der Waals surface area contributed by atoms with Crippen molar-refractivity contribution in [2.24, 2.45) is 15.4 Å². The molecule has 1 aliphatic heterocycles.